The zero-order valence-corrected chi connectivity index (χ0v) is 20.9. The van der Waals surface area contributed by atoms with E-state index in [9.17, 15) is 4.79 Å². The van der Waals surface area contributed by atoms with Crippen LogP contribution in [0.3, 0.4) is 0 Å². The molecule has 0 fully saturated rings. The van der Waals surface area contributed by atoms with Crippen molar-refractivity contribution in [1.82, 2.24) is 0 Å². The van der Waals surface area contributed by atoms with E-state index in [0.29, 0.717) is 12.4 Å². The Bertz CT molecular complexity index is 1730. The van der Waals surface area contributed by atoms with E-state index in [2.05, 4.69) is 85.8 Å². The van der Waals surface area contributed by atoms with Crippen LogP contribution in [0, 0.1) is 13.8 Å². The van der Waals surface area contributed by atoms with Crippen molar-refractivity contribution in [3.8, 4) is 16.9 Å². The first-order valence-electron chi connectivity index (χ1n) is 12.6. The van der Waals surface area contributed by atoms with Crippen molar-refractivity contribution in [2.45, 2.75) is 33.6 Å². The first-order chi connectivity index (χ1) is 17.6. The van der Waals surface area contributed by atoms with Crippen LogP contribution in [-0.4, -0.2) is 12.8 Å². The van der Waals surface area contributed by atoms with Gasteiger partial charge in [0.25, 0.3) is 0 Å². The van der Waals surface area contributed by atoms with E-state index in [-0.39, 0.29) is 0 Å². The monoisotopic (exact) mass is 472 g/mol. The highest BCUT2D eigenvalue weighted by Gasteiger charge is 2.18. The third kappa shape index (κ3) is 3.54. The highest BCUT2D eigenvalue weighted by molar-refractivity contribution is 6.35. The molecule has 6 rings (SSSR count). The Labute approximate surface area is 210 Å². The number of benzene rings is 6. The molecule has 6 aromatic carbocycles. The van der Waals surface area contributed by atoms with Crippen LogP contribution in [0.2, 0.25) is 0 Å². The molecule has 0 unspecified atom stereocenters. The molecule has 0 heterocycles. The summed E-state index contributed by atoms with van der Waals surface area (Å²) in [5.41, 5.74) is 4.11. The quantitative estimate of drug-likeness (QED) is 0.0824. The second-order valence-electron chi connectivity index (χ2n) is 9.59. The number of hydrogen-bond acceptors (Lipinski definition) is 3. The molecule has 0 aliphatic carbocycles. The lowest BCUT2D eigenvalue weighted by atomic mass is 9.85. The normalized spacial score (nSPS) is 11.6. The van der Waals surface area contributed by atoms with Crippen LogP contribution < -0.4 is 4.74 Å². The summed E-state index contributed by atoms with van der Waals surface area (Å²) in [5, 5.41) is 10.2. The molecule has 0 aliphatic heterocycles. The van der Waals surface area contributed by atoms with Gasteiger partial charge in [0.15, 0.2) is 0 Å². The van der Waals surface area contributed by atoms with Gasteiger partial charge in [0.1, 0.15) is 5.75 Å². The number of hydrogen-bond donors (Lipinski definition) is 0. The second-order valence-corrected chi connectivity index (χ2v) is 9.59. The third-order valence-corrected chi connectivity index (χ3v) is 7.18. The zero-order valence-electron chi connectivity index (χ0n) is 20.9. The summed E-state index contributed by atoms with van der Waals surface area (Å²) in [5.74, 6) is 0.572. The fourth-order valence-corrected chi connectivity index (χ4v) is 5.58. The third-order valence-electron chi connectivity index (χ3n) is 7.18. The van der Waals surface area contributed by atoms with Crippen LogP contribution in [-0.2, 0) is 4.74 Å². The van der Waals surface area contributed by atoms with Gasteiger partial charge in [0, 0.05) is 0 Å². The highest BCUT2D eigenvalue weighted by Crippen LogP contribution is 2.44. The molecule has 0 amide bonds. The van der Waals surface area contributed by atoms with E-state index in [0.717, 1.165) is 29.5 Å². The number of fused-ring (bicyclic) bond motifs is 2. The molecule has 0 radical (unpaired) electrons. The average molecular weight is 473 g/mol. The minimum absolute atomic E-state index is 0.376. The Kier molecular flexibility index (Phi) is 5.49. The zero-order chi connectivity index (χ0) is 24.8. The van der Waals surface area contributed by atoms with Crippen molar-refractivity contribution in [1.29, 1.82) is 0 Å². The second kappa shape index (κ2) is 8.83. The van der Waals surface area contributed by atoms with E-state index in [1.54, 1.807) is 0 Å². The molecular weight excluding hydrogens is 444 g/mol. The van der Waals surface area contributed by atoms with Crippen LogP contribution in [0.4, 0.5) is 4.79 Å². The number of aryl methyl sites for hydroxylation is 2. The molecule has 0 aliphatic rings. The maximum absolute atomic E-state index is 12.2. The molecule has 3 nitrogen and oxygen atoms in total. The summed E-state index contributed by atoms with van der Waals surface area (Å²) in [6.45, 7) is 6.41. The SMILES string of the molecule is CCCCOC(=O)Oc1c(C)cc(-c2ccc3cccc4c5cccc6cccc(c2c34)c65)cc1C. The smallest absolute Gasteiger partial charge is 0.434 e. The summed E-state index contributed by atoms with van der Waals surface area (Å²) in [6.07, 6.45) is 1.15. The molecule has 178 valence electrons. The predicted molar refractivity (Wildman–Crippen MR) is 149 cm³/mol. The Morgan fingerprint density at radius 1 is 0.722 bits per heavy atom. The summed E-state index contributed by atoms with van der Waals surface area (Å²) in [4.78, 5) is 12.2. The number of carbonyl (C=O) groups is 1. The summed E-state index contributed by atoms with van der Waals surface area (Å²) in [6, 6.07) is 28.4. The molecule has 3 heteroatoms. The molecule has 0 bridgehead atoms. The van der Waals surface area contributed by atoms with Gasteiger partial charge in [-0.25, -0.2) is 4.79 Å². The largest absolute Gasteiger partial charge is 0.513 e. The van der Waals surface area contributed by atoms with E-state index in [1.165, 1.54) is 48.7 Å². The first kappa shape index (κ1) is 22.4. The van der Waals surface area contributed by atoms with Gasteiger partial charge < -0.3 is 9.47 Å². The molecule has 0 atom stereocenters. The first-order valence-corrected chi connectivity index (χ1v) is 12.6. The van der Waals surface area contributed by atoms with Crippen LogP contribution in [0.1, 0.15) is 30.9 Å². The van der Waals surface area contributed by atoms with E-state index in [4.69, 9.17) is 9.47 Å². The Hall–Kier alpha value is -4.11. The maximum Gasteiger partial charge on any atom is 0.513 e. The topological polar surface area (TPSA) is 35.5 Å². The lowest BCUT2D eigenvalue weighted by Crippen LogP contribution is -2.12. The van der Waals surface area contributed by atoms with Crippen molar-refractivity contribution in [2.24, 2.45) is 0 Å². The maximum atomic E-state index is 12.2. The molecule has 0 saturated carbocycles. The van der Waals surface area contributed by atoms with Gasteiger partial charge in [-0.3, -0.25) is 0 Å². The van der Waals surface area contributed by atoms with Gasteiger partial charge >= 0.3 is 6.16 Å². The number of ether oxygens (including phenoxy) is 2. The number of rotatable bonds is 5. The fraction of sp³-hybridized carbons (Fsp3) is 0.182. The van der Waals surface area contributed by atoms with Crippen molar-refractivity contribution in [2.75, 3.05) is 6.61 Å². The lowest BCUT2D eigenvalue weighted by Gasteiger charge is -2.18. The van der Waals surface area contributed by atoms with E-state index >= 15 is 0 Å². The molecule has 0 N–H and O–H groups in total. The van der Waals surface area contributed by atoms with Gasteiger partial charge in [-0.05, 0) is 97.7 Å². The van der Waals surface area contributed by atoms with Crippen molar-refractivity contribution in [3.05, 3.63) is 90.0 Å². The number of carbonyl (C=O) groups excluding carboxylic acids is 1. The Morgan fingerprint density at radius 3 is 2.00 bits per heavy atom. The number of unbranched alkanes of at least 4 members (excludes halogenated alkanes) is 1. The highest BCUT2D eigenvalue weighted by atomic mass is 16.7. The van der Waals surface area contributed by atoms with Crippen molar-refractivity contribution >= 4 is 49.2 Å². The minimum atomic E-state index is -0.642. The molecule has 0 spiro atoms. The standard InChI is InChI=1S/C33H28O3/c1-4-5-17-35-33(34)36-32-20(2)18-24(19-21(32)3)25-16-15-23-11-7-13-27-26-12-6-9-22-10-8-14-28(29(22)26)31(25)30(23)27/h6-16,18-19H,4-5,17H2,1-3H3. The Balaban J connectivity index is 1.57. The molecule has 0 aromatic heterocycles. The Morgan fingerprint density at radius 2 is 1.33 bits per heavy atom. The van der Waals surface area contributed by atoms with Gasteiger partial charge in [0.05, 0.1) is 6.61 Å². The minimum Gasteiger partial charge on any atom is -0.434 e. The fourth-order valence-electron chi connectivity index (χ4n) is 5.58. The van der Waals surface area contributed by atoms with Gasteiger partial charge in [-0.2, -0.15) is 0 Å². The molecule has 6 aromatic rings. The van der Waals surface area contributed by atoms with Crippen LogP contribution in [0.25, 0.3) is 54.2 Å². The van der Waals surface area contributed by atoms with Crippen molar-refractivity contribution in [3.63, 3.8) is 0 Å². The molecular formula is C33H28O3. The van der Waals surface area contributed by atoms with Crippen LogP contribution >= 0.6 is 0 Å². The van der Waals surface area contributed by atoms with Crippen LogP contribution in [0.15, 0.2) is 78.9 Å². The van der Waals surface area contributed by atoms with Crippen LogP contribution in [0.5, 0.6) is 5.75 Å². The molecule has 36 heavy (non-hydrogen) atoms. The van der Waals surface area contributed by atoms with E-state index < -0.39 is 6.16 Å². The van der Waals surface area contributed by atoms with Gasteiger partial charge in [-0.1, -0.05) is 80.1 Å². The lowest BCUT2D eigenvalue weighted by molar-refractivity contribution is 0.0973. The van der Waals surface area contributed by atoms with Crippen molar-refractivity contribution < 1.29 is 14.3 Å². The van der Waals surface area contributed by atoms with Gasteiger partial charge in [-0.15, -0.1) is 0 Å². The summed E-state index contributed by atoms with van der Waals surface area (Å²) in [7, 11) is 0. The summed E-state index contributed by atoms with van der Waals surface area (Å²) >= 11 is 0. The average Bonchev–Trinajstić information content (AvgIpc) is 2.89. The van der Waals surface area contributed by atoms with E-state index in [1.807, 2.05) is 13.8 Å². The summed E-state index contributed by atoms with van der Waals surface area (Å²) < 4.78 is 10.8. The predicted octanol–water partition coefficient (Wildman–Crippen LogP) is 9.34. The molecule has 0 saturated heterocycles. The van der Waals surface area contributed by atoms with Gasteiger partial charge in [0.2, 0.25) is 0 Å².